The highest BCUT2D eigenvalue weighted by atomic mass is 16.5. The van der Waals surface area contributed by atoms with Gasteiger partial charge in [-0.15, -0.1) is 0 Å². The minimum atomic E-state index is -0.119. The largest absolute Gasteiger partial charge is 0.465 e. The highest BCUT2D eigenvalue weighted by molar-refractivity contribution is 5.75. The summed E-state index contributed by atoms with van der Waals surface area (Å²) in [6, 6.07) is -0.119. The van der Waals surface area contributed by atoms with Gasteiger partial charge < -0.3 is 10.1 Å². The van der Waals surface area contributed by atoms with Crippen LogP contribution >= 0.6 is 0 Å². The Morgan fingerprint density at radius 1 is 1.20 bits per heavy atom. The van der Waals surface area contributed by atoms with Crippen LogP contribution in [0.4, 0.5) is 0 Å². The zero-order chi connectivity index (χ0) is 11.5. The van der Waals surface area contributed by atoms with E-state index in [0.29, 0.717) is 6.61 Å². The first-order valence-corrected chi connectivity index (χ1v) is 6.16. The summed E-state index contributed by atoms with van der Waals surface area (Å²) in [4.78, 5) is 11.4. The van der Waals surface area contributed by atoms with Crippen LogP contribution in [0, 0.1) is 0 Å². The molecular formula is C12H25NO2. The summed E-state index contributed by atoms with van der Waals surface area (Å²) < 4.78 is 4.97. The van der Waals surface area contributed by atoms with Gasteiger partial charge in [-0.2, -0.15) is 0 Å². The minimum absolute atomic E-state index is 0.115. The topological polar surface area (TPSA) is 38.3 Å². The molecule has 0 amide bonds. The maximum Gasteiger partial charge on any atom is 0.323 e. The fraction of sp³-hybridized carbons (Fsp3) is 0.917. The van der Waals surface area contributed by atoms with Crippen molar-refractivity contribution in [2.24, 2.45) is 0 Å². The van der Waals surface area contributed by atoms with Crippen LogP contribution in [0.25, 0.3) is 0 Å². The van der Waals surface area contributed by atoms with Gasteiger partial charge in [0.05, 0.1) is 6.61 Å². The molecule has 0 rings (SSSR count). The average molecular weight is 215 g/mol. The standard InChI is InChI=1S/C12H25NO2/c1-4-7-8-9-10-13-11(5-2)12(14)15-6-3/h11,13H,4-10H2,1-3H3. The highest BCUT2D eigenvalue weighted by Crippen LogP contribution is 1.99. The average Bonchev–Trinajstić information content (AvgIpc) is 2.23. The van der Waals surface area contributed by atoms with E-state index in [9.17, 15) is 4.79 Å². The van der Waals surface area contributed by atoms with Crippen molar-refractivity contribution in [2.45, 2.75) is 58.9 Å². The van der Waals surface area contributed by atoms with Gasteiger partial charge in [-0.25, -0.2) is 0 Å². The summed E-state index contributed by atoms with van der Waals surface area (Å²) in [5.41, 5.74) is 0. The molecule has 0 heterocycles. The molecule has 0 spiro atoms. The molecule has 0 fully saturated rings. The zero-order valence-corrected chi connectivity index (χ0v) is 10.3. The van der Waals surface area contributed by atoms with Crippen molar-refractivity contribution < 1.29 is 9.53 Å². The molecule has 0 saturated carbocycles. The lowest BCUT2D eigenvalue weighted by Gasteiger charge is -2.15. The van der Waals surface area contributed by atoms with E-state index in [1.54, 1.807) is 0 Å². The third kappa shape index (κ3) is 7.37. The molecule has 0 aliphatic heterocycles. The van der Waals surface area contributed by atoms with E-state index in [-0.39, 0.29) is 12.0 Å². The second-order valence-electron chi connectivity index (χ2n) is 3.73. The van der Waals surface area contributed by atoms with Gasteiger partial charge in [0.2, 0.25) is 0 Å². The van der Waals surface area contributed by atoms with E-state index in [1.165, 1.54) is 19.3 Å². The lowest BCUT2D eigenvalue weighted by molar-refractivity contribution is -0.145. The SMILES string of the molecule is CCCCCCNC(CC)C(=O)OCC. The summed E-state index contributed by atoms with van der Waals surface area (Å²) in [5, 5.41) is 3.24. The van der Waals surface area contributed by atoms with Crippen LogP contribution in [-0.2, 0) is 9.53 Å². The van der Waals surface area contributed by atoms with Crippen LogP contribution in [0.3, 0.4) is 0 Å². The molecule has 0 radical (unpaired) electrons. The number of carbonyl (C=O) groups is 1. The van der Waals surface area contributed by atoms with E-state index < -0.39 is 0 Å². The smallest absolute Gasteiger partial charge is 0.323 e. The summed E-state index contributed by atoms with van der Waals surface area (Å²) in [5.74, 6) is -0.115. The molecule has 1 N–H and O–H groups in total. The predicted octanol–water partition coefficient (Wildman–Crippen LogP) is 2.50. The van der Waals surface area contributed by atoms with Crippen LogP contribution in [0.5, 0.6) is 0 Å². The van der Waals surface area contributed by atoms with Gasteiger partial charge in [0.25, 0.3) is 0 Å². The number of hydrogen-bond acceptors (Lipinski definition) is 3. The van der Waals surface area contributed by atoms with E-state index in [1.807, 2.05) is 13.8 Å². The summed E-state index contributed by atoms with van der Waals surface area (Å²) in [7, 11) is 0. The first kappa shape index (κ1) is 14.4. The number of unbranched alkanes of at least 4 members (excludes halogenated alkanes) is 3. The van der Waals surface area contributed by atoms with E-state index in [0.717, 1.165) is 19.4 Å². The molecule has 3 nitrogen and oxygen atoms in total. The molecule has 0 aliphatic rings. The Labute approximate surface area is 93.6 Å². The number of carbonyl (C=O) groups excluding carboxylic acids is 1. The van der Waals surface area contributed by atoms with Gasteiger partial charge in [0.1, 0.15) is 6.04 Å². The Kier molecular flexibility index (Phi) is 9.59. The Bertz CT molecular complexity index is 160. The van der Waals surface area contributed by atoms with Gasteiger partial charge >= 0.3 is 5.97 Å². The van der Waals surface area contributed by atoms with Gasteiger partial charge in [-0.3, -0.25) is 4.79 Å². The first-order valence-electron chi connectivity index (χ1n) is 6.16. The Morgan fingerprint density at radius 2 is 1.93 bits per heavy atom. The van der Waals surface area contributed by atoms with Gasteiger partial charge in [0.15, 0.2) is 0 Å². The number of rotatable bonds is 9. The fourth-order valence-electron chi connectivity index (χ4n) is 1.47. The van der Waals surface area contributed by atoms with E-state index in [4.69, 9.17) is 4.74 Å². The molecule has 3 heteroatoms. The highest BCUT2D eigenvalue weighted by Gasteiger charge is 2.15. The summed E-state index contributed by atoms with van der Waals surface area (Å²) in [6.07, 6.45) is 5.70. The lowest BCUT2D eigenvalue weighted by Crippen LogP contribution is -2.38. The number of esters is 1. The second kappa shape index (κ2) is 9.97. The first-order chi connectivity index (χ1) is 7.26. The monoisotopic (exact) mass is 215 g/mol. The summed E-state index contributed by atoms with van der Waals surface area (Å²) >= 11 is 0. The fourth-order valence-corrected chi connectivity index (χ4v) is 1.47. The molecule has 1 atom stereocenters. The van der Waals surface area contributed by atoms with Crippen molar-refractivity contribution in [3.05, 3.63) is 0 Å². The van der Waals surface area contributed by atoms with Crippen molar-refractivity contribution in [3.8, 4) is 0 Å². The van der Waals surface area contributed by atoms with Crippen LogP contribution in [0.1, 0.15) is 52.9 Å². The molecule has 90 valence electrons. The van der Waals surface area contributed by atoms with Crippen molar-refractivity contribution in [1.29, 1.82) is 0 Å². The van der Waals surface area contributed by atoms with Crippen LogP contribution < -0.4 is 5.32 Å². The molecule has 0 aromatic heterocycles. The van der Waals surface area contributed by atoms with Crippen molar-refractivity contribution in [1.82, 2.24) is 5.32 Å². The molecule has 0 aliphatic carbocycles. The maximum absolute atomic E-state index is 11.4. The van der Waals surface area contributed by atoms with E-state index >= 15 is 0 Å². The van der Waals surface area contributed by atoms with Crippen LogP contribution in [0.2, 0.25) is 0 Å². The molecule has 0 saturated heterocycles. The van der Waals surface area contributed by atoms with Crippen LogP contribution in [0.15, 0.2) is 0 Å². The Balaban J connectivity index is 3.56. The van der Waals surface area contributed by atoms with Crippen molar-refractivity contribution in [2.75, 3.05) is 13.2 Å². The molecule has 0 aromatic rings. The molecule has 0 bridgehead atoms. The normalized spacial score (nSPS) is 12.5. The minimum Gasteiger partial charge on any atom is -0.465 e. The quantitative estimate of drug-likeness (QED) is 0.474. The Hall–Kier alpha value is -0.570. The van der Waals surface area contributed by atoms with Gasteiger partial charge in [0, 0.05) is 0 Å². The number of ether oxygens (including phenoxy) is 1. The molecular weight excluding hydrogens is 190 g/mol. The molecule has 0 aromatic carbocycles. The maximum atomic E-state index is 11.4. The van der Waals surface area contributed by atoms with Gasteiger partial charge in [-0.05, 0) is 26.3 Å². The molecule has 1 unspecified atom stereocenters. The van der Waals surface area contributed by atoms with E-state index in [2.05, 4.69) is 12.2 Å². The second-order valence-corrected chi connectivity index (χ2v) is 3.73. The zero-order valence-electron chi connectivity index (χ0n) is 10.3. The number of nitrogens with one attached hydrogen (secondary N) is 1. The van der Waals surface area contributed by atoms with Crippen LogP contribution in [-0.4, -0.2) is 25.2 Å². The van der Waals surface area contributed by atoms with Crippen molar-refractivity contribution in [3.63, 3.8) is 0 Å². The predicted molar refractivity (Wildman–Crippen MR) is 62.9 cm³/mol. The lowest BCUT2D eigenvalue weighted by atomic mass is 10.2. The summed E-state index contributed by atoms with van der Waals surface area (Å²) in [6.45, 7) is 7.41. The molecule has 15 heavy (non-hydrogen) atoms. The third-order valence-corrected chi connectivity index (χ3v) is 2.40. The Morgan fingerprint density at radius 3 is 2.47 bits per heavy atom. The number of hydrogen-bond donors (Lipinski definition) is 1. The van der Waals surface area contributed by atoms with Crippen molar-refractivity contribution >= 4 is 5.97 Å². The van der Waals surface area contributed by atoms with Gasteiger partial charge in [-0.1, -0.05) is 33.1 Å². The third-order valence-electron chi connectivity index (χ3n) is 2.40.